The van der Waals surface area contributed by atoms with Gasteiger partial charge >= 0.3 is 6.61 Å². The molecule has 1 aromatic rings. The van der Waals surface area contributed by atoms with Crippen LogP contribution in [0.25, 0.3) is 0 Å². The number of nitrogens with one attached hydrogen (secondary N) is 1. The Morgan fingerprint density at radius 1 is 1.24 bits per heavy atom. The van der Waals surface area contributed by atoms with Gasteiger partial charge in [0.2, 0.25) is 0 Å². The molecule has 1 saturated carbocycles. The third-order valence-corrected chi connectivity index (χ3v) is 3.45. The van der Waals surface area contributed by atoms with Gasteiger partial charge in [0, 0.05) is 12.1 Å². The number of para-hydroxylation sites is 1. The van der Waals surface area contributed by atoms with Gasteiger partial charge in [0.1, 0.15) is 5.75 Å². The normalized spacial score (nSPS) is 21.5. The van der Waals surface area contributed by atoms with Crippen molar-refractivity contribution in [1.82, 2.24) is 5.32 Å². The molecule has 0 bridgehead atoms. The summed E-state index contributed by atoms with van der Waals surface area (Å²) in [5.41, 5.74) is 5.93. The van der Waals surface area contributed by atoms with Gasteiger partial charge in [0.25, 0.3) is 5.91 Å². The summed E-state index contributed by atoms with van der Waals surface area (Å²) in [6, 6.07) is 6.23. The highest BCUT2D eigenvalue weighted by molar-refractivity contribution is 5.97. The number of hydrogen-bond donors (Lipinski definition) is 2. The van der Waals surface area contributed by atoms with Crippen LogP contribution in [0.4, 0.5) is 8.78 Å². The fourth-order valence-corrected chi connectivity index (χ4v) is 2.38. The summed E-state index contributed by atoms with van der Waals surface area (Å²) in [6.07, 6.45) is 3.34. The van der Waals surface area contributed by atoms with E-state index in [0.29, 0.717) is 0 Å². The van der Waals surface area contributed by atoms with E-state index in [4.69, 9.17) is 5.73 Å². The van der Waals surface area contributed by atoms with E-state index in [1.54, 1.807) is 12.1 Å². The second-order valence-corrected chi connectivity index (χ2v) is 4.96. The molecule has 0 saturated heterocycles. The topological polar surface area (TPSA) is 64.3 Å². The first kappa shape index (κ1) is 17.7. The van der Waals surface area contributed by atoms with E-state index in [1.165, 1.54) is 12.1 Å². The van der Waals surface area contributed by atoms with Crippen LogP contribution in [0, 0.1) is 0 Å². The van der Waals surface area contributed by atoms with Gasteiger partial charge < -0.3 is 15.8 Å². The van der Waals surface area contributed by atoms with E-state index in [2.05, 4.69) is 10.1 Å². The Balaban J connectivity index is 0.00000220. The number of carbonyl (C=O) groups excluding carboxylic acids is 1. The summed E-state index contributed by atoms with van der Waals surface area (Å²) < 4.78 is 29.0. The molecule has 1 aliphatic carbocycles. The Hall–Kier alpha value is -1.40. The molecule has 1 amide bonds. The first-order chi connectivity index (χ1) is 9.56. The maximum Gasteiger partial charge on any atom is 0.387 e. The fourth-order valence-electron chi connectivity index (χ4n) is 2.38. The Morgan fingerprint density at radius 2 is 1.86 bits per heavy atom. The molecule has 118 valence electrons. The van der Waals surface area contributed by atoms with Crippen LogP contribution in [0.1, 0.15) is 36.0 Å². The second kappa shape index (κ2) is 8.14. The van der Waals surface area contributed by atoms with Crippen molar-refractivity contribution in [1.29, 1.82) is 0 Å². The summed E-state index contributed by atoms with van der Waals surface area (Å²) in [4.78, 5) is 12.1. The lowest BCUT2D eigenvalue weighted by atomic mass is 9.91. The van der Waals surface area contributed by atoms with Crippen molar-refractivity contribution in [3.63, 3.8) is 0 Å². The molecular weight excluding hydrogens is 302 g/mol. The van der Waals surface area contributed by atoms with E-state index >= 15 is 0 Å². The largest absolute Gasteiger partial charge is 0.434 e. The molecule has 0 spiro atoms. The second-order valence-electron chi connectivity index (χ2n) is 4.96. The summed E-state index contributed by atoms with van der Waals surface area (Å²) in [5.74, 6) is -0.491. The van der Waals surface area contributed by atoms with Gasteiger partial charge in [-0.3, -0.25) is 4.79 Å². The number of alkyl halides is 2. The molecule has 4 nitrogen and oxygen atoms in total. The van der Waals surface area contributed by atoms with Crippen LogP contribution in [0.3, 0.4) is 0 Å². The van der Waals surface area contributed by atoms with Crippen molar-refractivity contribution in [2.45, 2.75) is 44.4 Å². The average molecular weight is 321 g/mol. The van der Waals surface area contributed by atoms with Crippen molar-refractivity contribution in [2.75, 3.05) is 0 Å². The molecule has 1 aliphatic rings. The standard InChI is InChI=1S/C14H18F2N2O2.ClH/c15-14(16)20-12-4-2-1-3-11(12)13(19)18-10-7-5-9(17)6-8-10;/h1-4,9-10,14H,5-8,17H2,(H,18,19);1H. The molecule has 2 rings (SSSR count). The van der Waals surface area contributed by atoms with Gasteiger partial charge in [-0.15, -0.1) is 12.4 Å². The van der Waals surface area contributed by atoms with Crippen molar-refractivity contribution in [3.05, 3.63) is 29.8 Å². The Labute approximate surface area is 128 Å². The Morgan fingerprint density at radius 3 is 2.48 bits per heavy atom. The highest BCUT2D eigenvalue weighted by atomic mass is 35.5. The van der Waals surface area contributed by atoms with Crippen LogP contribution < -0.4 is 15.8 Å². The lowest BCUT2D eigenvalue weighted by molar-refractivity contribution is -0.0501. The van der Waals surface area contributed by atoms with Gasteiger partial charge in [-0.1, -0.05) is 12.1 Å². The predicted octanol–water partition coefficient (Wildman–Crippen LogP) is 2.71. The van der Waals surface area contributed by atoms with E-state index in [0.717, 1.165) is 25.7 Å². The number of hydrogen-bond acceptors (Lipinski definition) is 3. The third kappa shape index (κ3) is 5.13. The number of benzene rings is 1. The minimum Gasteiger partial charge on any atom is -0.434 e. The van der Waals surface area contributed by atoms with Crippen molar-refractivity contribution in [3.8, 4) is 5.75 Å². The summed E-state index contributed by atoms with van der Waals surface area (Å²) in [6.45, 7) is -2.95. The summed E-state index contributed by atoms with van der Waals surface area (Å²) in [7, 11) is 0. The zero-order valence-electron chi connectivity index (χ0n) is 11.4. The monoisotopic (exact) mass is 320 g/mol. The maximum absolute atomic E-state index is 12.3. The fraction of sp³-hybridized carbons (Fsp3) is 0.500. The Bertz CT molecular complexity index is 466. The van der Waals surface area contributed by atoms with Crippen molar-refractivity contribution < 1.29 is 18.3 Å². The molecule has 0 radical (unpaired) electrons. The van der Waals surface area contributed by atoms with E-state index in [-0.39, 0.29) is 41.7 Å². The van der Waals surface area contributed by atoms with Gasteiger partial charge in [0.15, 0.2) is 0 Å². The van der Waals surface area contributed by atoms with Crippen LogP contribution >= 0.6 is 12.4 Å². The number of halogens is 3. The molecule has 0 aromatic heterocycles. The molecule has 7 heteroatoms. The SMILES string of the molecule is Cl.NC1CCC(NC(=O)c2ccccc2OC(F)F)CC1. The number of amides is 1. The van der Waals surface area contributed by atoms with Gasteiger partial charge in [-0.05, 0) is 37.8 Å². The van der Waals surface area contributed by atoms with Crippen LogP contribution in [0.15, 0.2) is 24.3 Å². The number of rotatable bonds is 4. The van der Waals surface area contributed by atoms with Gasteiger partial charge in [-0.2, -0.15) is 8.78 Å². The predicted molar refractivity (Wildman–Crippen MR) is 78.0 cm³/mol. The zero-order chi connectivity index (χ0) is 14.5. The molecule has 1 aromatic carbocycles. The third-order valence-electron chi connectivity index (χ3n) is 3.45. The number of ether oxygens (including phenoxy) is 1. The quantitative estimate of drug-likeness (QED) is 0.896. The molecule has 21 heavy (non-hydrogen) atoms. The number of carbonyl (C=O) groups is 1. The van der Waals surface area contributed by atoms with Crippen LogP contribution in [-0.4, -0.2) is 24.6 Å². The Kier molecular flexibility index (Phi) is 6.84. The van der Waals surface area contributed by atoms with Crippen molar-refractivity contribution >= 4 is 18.3 Å². The van der Waals surface area contributed by atoms with Crippen LogP contribution in [-0.2, 0) is 0 Å². The highest BCUT2D eigenvalue weighted by Crippen LogP contribution is 2.22. The van der Waals surface area contributed by atoms with Gasteiger partial charge in [-0.25, -0.2) is 0 Å². The van der Waals surface area contributed by atoms with Crippen LogP contribution in [0.5, 0.6) is 5.75 Å². The summed E-state index contributed by atoms with van der Waals surface area (Å²) in [5, 5.41) is 2.85. The van der Waals surface area contributed by atoms with E-state index < -0.39 is 6.61 Å². The zero-order valence-corrected chi connectivity index (χ0v) is 12.2. The lowest BCUT2D eigenvalue weighted by Crippen LogP contribution is -2.40. The van der Waals surface area contributed by atoms with Crippen molar-refractivity contribution in [2.24, 2.45) is 5.73 Å². The molecule has 3 N–H and O–H groups in total. The smallest absolute Gasteiger partial charge is 0.387 e. The molecule has 1 fully saturated rings. The first-order valence-corrected chi connectivity index (χ1v) is 6.66. The minimum absolute atomic E-state index is 0. The molecule has 0 heterocycles. The number of nitrogens with two attached hydrogens (primary N) is 1. The van der Waals surface area contributed by atoms with Gasteiger partial charge in [0.05, 0.1) is 5.56 Å². The molecule has 0 aliphatic heterocycles. The van der Waals surface area contributed by atoms with Crippen LogP contribution in [0.2, 0.25) is 0 Å². The molecule has 0 atom stereocenters. The average Bonchev–Trinajstić information content (AvgIpc) is 2.41. The lowest BCUT2D eigenvalue weighted by Gasteiger charge is -2.27. The highest BCUT2D eigenvalue weighted by Gasteiger charge is 2.22. The molecule has 0 unspecified atom stereocenters. The minimum atomic E-state index is -2.95. The molecular formula is C14H19ClF2N2O2. The first-order valence-electron chi connectivity index (χ1n) is 6.66. The maximum atomic E-state index is 12.3. The summed E-state index contributed by atoms with van der Waals surface area (Å²) >= 11 is 0. The van der Waals surface area contributed by atoms with E-state index in [9.17, 15) is 13.6 Å². The van der Waals surface area contributed by atoms with E-state index in [1.807, 2.05) is 0 Å².